The molecule has 1 fully saturated rings. The number of carbonyl (C=O) groups excluding carboxylic acids is 1. The average molecular weight is 388 g/mol. The zero-order chi connectivity index (χ0) is 19.4. The van der Waals surface area contributed by atoms with Gasteiger partial charge in [0.15, 0.2) is 0 Å². The third-order valence-electron chi connectivity index (χ3n) is 4.29. The summed E-state index contributed by atoms with van der Waals surface area (Å²) in [4.78, 5) is 12.1. The second-order valence-corrected chi connectivity index (χ2v) is 8.55. The Hall–Kier alpha value is -2.54. The Morgan fingerprint density at radius 3 is 2.26 bits per heavy atom. The highest BCUT2D eigenvalue weighted by atomic mass is 32.2. The first kappa shape index (κ1) is 19.2. The summed E-state index contributed by atoms with van der Waals surface area (Å²) < 4.78 is 31.3. The van der Waals surface area contributed by atoms with Gasteiger partial charge in [-0.05, 0) is 61.7 Å². The van der Waals surface area contributed by atoms with Crippen LogP contribution in [0.25, 0.3) is 0 Å². The van der Waals surface area contributed by atoms with Crippen LogP contribution in [0.1, 0.15) is 35.7 Å². The van der Waals surface area contributed by atoms with Crippen LogP contribution in [0.2, 0.25) is 0 Å². The van der Waals surface area contributed by atoms with Gasteiger partial charge >= 0.3 is 0 Å². The Morgan fingerprint density at radius 1 is 1.11 bits per heavy atom. The minimum atomic E-state index is -3.46. The van der Waals surface area contributed by atoms with Gasteiger partial charge in [-0.25, -0.2) is 8.42 Å². The fraction of sp³-hybridized carbons (Fsp3) is 0.350. The molecule has 1 aliphatic carbocycles. The standard InChI is InChI=1S/C20H24N2O4S/c1-3-26-19-12-10-18(11-13-19)22(27(2,24)25)14-15-4-6-16(7-5-15)20(23)21-17-8-9-17/h4-7,10-13,17H,3,8-9,14H2,1-2H3,(H,21,23). The summed E-state index contributed by atoms with van der Waals surface area (Å²) in [6, 6.07) is 14.3. The molecule has 1 saturated carbocycles. The van der Waals surface area contributed by atoms with Crippen LogP contribution < -0.4 is 14.4 Å². The second kappa shape index (κ2) is 8.00. The zero-order valence-corrected chi connectivity index (χ0v) is 16.3. The minimum absolute atomic E-state index is 0.0875. The fourth-order valence-corrected chi connectivity index (χ4v) is 3.59. The van der Waals surface area contributed by atoms with Gasteiger partial charge < -0.3 is 10.1 Å². The van der Waals surface area contributed by atoms with Crippen molar-refractivity contribution >= 4 is 21.6 Å². The first-order chi connectivity index (χ1) is 12.9. The second-order valence-electron chi connectivity index (χ2n) is 6.64. The molecule has 0 aliphatic heterocycles. The molecule has 0 atom stereocenters. The Balaban J connectivity index is 1.75. The van der Waals surface area contributed by atoms with Crippen LogP contribution in [0.4, 0.5) is 5.69 Å². The predicted octanol–water partition coefficient (Wildman–Crippen LogP) is 2.94. The number of hydrogen-bond acceptors (Lipinski definition) is 4. The van der Waals surface area contributed by atoms with E-state index in [1.54, 1.807) is 48.5 Å². The molecule has 0 spiro atoms. The van der Waals surface area contributed by atoms with Gasteiger partial charge in [-0.1, -0.05) is 12.1 Å². The highest BCUT2D eigenvalue weighted by Crippen LogP contribution is 2.24. The van der Waals surface area contributed by atoms with E-state index in [9.17, 15) is 13.2 Å². The lowest BCUT2D eigenvalue weighted by molar-refractivity contribution is 0.0951. The molecular weight excluding hydrogens is 364 g/mol. The average Bonchev–Trinajstić information content (AvgIpc) is 3.44. The third kappa shape index (κ3) is 5.23. The molecule has 3 rings (SSSR count). The van der Waals surface area contributed by atoms with E-state index in [1.165, 1.54) is 10.6 Å². The first-order valence-electron chi connectivity index (χ1n) is 8.97. The summed E-state index contributed by atoms with van der Waals surface area (Å²) in [7, 11) is -3.46. The Morgan fingerprint density at radius 2 is 1.74 bits per heavy atom. The quantitative estimate of drug-likeness (QED) is 0.754. The molecule has 0 bridgehead atoms. The van der Waals surface area contributed by atoms with Crippen molar-refractivity contribution < 1.29 is 17.9 Å². The summed E-state index contributed by atoms with van der Waals surface area (Å²) in [6.07, 6.45) is 3.26. The number of hydrogen-bond donors (Lipinski definition) is 1. The van der Waals surface area contributed by atoms with Crippen molar-refractivity contribution in [2.24, 2.45) is 0 Å². The number of amides is 1. The lowest BCUT2D eigenvalue weighted by Crippen LogP contribution is -2.29. The van der Waals surface area contributed by atoms with E-state index >= 15 is 0 Å². The number of nitrogens with one attached hydrogen (secondary N) is 1. The van der Waals surface area contributed by atoms with Crippen LogP contribution in [0, 0.1) is 0 Å². The minimum Gasteiger partial charge on any atom is -0.494 e. The molecule has 144 valence electrons. The lowest BCUT2D eigenvalue weighted by atomic mass is 10.1. The normalized spacial score (nSPS) is 13.9. The largest absolute Gasteiger partial charge is 0.494 e. The molecule has 6 nitrogen and oxygen atoms in total. The number of nitrogens with zero attached hydrogens (tertiary/aromatic N) is 1. The molecule has 7 heteroatoms. The van der Waals surface area contributed by atoms with Crippen LogP contribution in [0.15, 0.2) is 48.5 Å². The maximum atomic E-state index is 12.3. The highest BCUT2D eigenvalue weighted by molar-refractivity contribution is 7.92. The molecule has 2 aromatic rings. The van der Waals surface area contributed by atoms with Crippen molar-refractivity contribution in [1.82, 2.24) is 5.32 Å². The van der Waals surface area contributed by atoms with Crippen molar-refractivity contribution in [3.8, 4) is 5.75 Å². The Labute approximate surface area is 160 Å². The van der Waals surface area contributed by atoms with Crippen LogP contribution in [0.5, 0.6) is 5.75 Å². The van der Waals surface area contributed by atoms with E-state index < -0.39 is 10.0 Å². The lowest BCUT2D eigenvalue weighted by Gasteiger charge is -2.23. The summed E-state index contributed by atoms with van der Waals surface area (Å²) >= 11 is 0. The van der Waals surface area contributed by atoms with E-state index in [1.807, 2.05) is 6.92 Å². The van der Waals surface area contributed by atoms with Gasteiger partial charge in [-0.3, -0.25) is 9.10 Å². The van der Waals surface area contributed by atoms with Crippen molar-refractivity contribution in [2.45, 2.75) is 32.4 Å². The van der Waals surface area contributed by atoms with Gasteiger partial charge in [0, 0.05) is 11.6 Å². The topological polar surface area (TPSA) is 75.7 Å². The highest BCUT2D eigenvalue weighted by Gasteiger charge is 2.24. The predicted molar refractivity (Wildman–Crippen MR) is 106 cm³/mol. The molecule has 0 aromatic heterocycles. The molecule has 1 N–H and O–H groups in total. The van der Waals surface area contributed by atoms with E-state index in [0.717, 1.165) is 18.4 Å². The monoisotopic (exact) mass is 388 g/mol. The number of ether oxygens (including phenoxy) is 1. The van der Waals surface area contributed by atoms with E-state index in [0.29, 0.717) is 29.6 Å². The van der Waals surface area contributed by atoms with Crippen molar-refractivity contribution in [2.75, 3.05) is 17.2 Å². The van der Waals surface area contributed by atoms with Crippen LogP contribution in [-0.4, -0.2) is 33.2 Å². The smallest absolute Gasteiger partial charge is 0.251 e. The van der Waals surface area contributed by atoms with Crippen molar-refractivity contribution in [3.63, 3.8) is 0 Å². The van der Waals surface area contributed by atoms with Crippen molar-refractivity contribution in [3.05, 3.63) is 59.7 Å². The van der Waals surface area contributed by atoms with Gasteiger partial charge in [0.25, 0.3) is 5.91 Å². The van der Waals surface area contributed by atoms with Crippen LogP contribution >= 0.6 is 0 Å². The summed E-state index contributed by atoms with van der Waals surface area (Å²) in [5.41, 5.74) is 1.95. The van der Waals surface area contributed by atoms with E-state index in [4.69, 9.17) is 4.74 Å². The number of anilines is 1. The molecule has 0 radical (unpaired) electrons. The van der Waals surface area contributed by atoms with E-state index in [2.05, 4.69) is 5.32 Å². The molecule has 0 unspecified atom stereocenters. The number of sulfonamides is 1. The number of benzene rings is 2. The molecular formula is C20H24N2O4S. The van der Waals surface area contributed by atoms with E-state index in [-0.39, 0.29) is 12.5 Å². The van der Waals surface area contributed by atoms with Gasteiger partial charge in [0.2, 0.25) is 10.0 Å². The zero-order valence-electron chi connectivity index (χ0n) is 15.5. The third-order valence-corrected chi connectivity index (χ3v) is 5.43. The maximum Gasteiger partial charge on any atom is 0.251 e. The first-order valence-corrected chi connectivity index (χ1v) is 10.8. The molecule has 1 amide bonds. The summed E-state index contributed by atoms with van der Waals surface area (Å²) in [5, 5.41) is 2.94. The van der Waals surface area contributed by atoms with Gasteiger partial charge in [-0.2, -0.15) is 0 Å². The van der Waals surface area contributed by atoms with Crippen LogP contribution in [0.3, 0.4) is 0 Å². The molecule has 27 heavy (non-hydrogen) atoms. The molecule has 1 aliphatic rings. The SMILES string of the molecule is CCOc1ccc(N(Cc2ccc(C(=O)NC3CC3)cc2)S(C)(=O)=O)cc1. The maximum absolute atomic E-state index is 12.3. The van der Waals surface area contributed by atoms with Gasteiger partial charge in [0.1, 0.15) is 5.75 Å². The molecule has 2 aromatic carbocycles. The summed E-state index contributed by atoms with van der Waals surface area (Å²) in [5.74, 6) is 0.608. The molecule has 0 saturated heterocycles. The Kier molecular flexibility index (Phi) is 5.70. The van der Waals surface area contributed by atoms with Crippen LogP contribution in [-0.2, 0) is 16.6 Å². The fourth-order valence-electron chi connectivity index (χ4n) is 2.70. The van der Waals surface area contributed by atoms with Gasteiger partial charge in [-0.15, -0.1) is 0 Å². The van der Waals surface area contributed by atoms with Gasteiger partial charge in [0.05, 0.1) is 25.1 Å². The number of rotatable bonds is 8. The molecule has 0 heterocycles. The Bertz CT molecular complexity index is 889. The number of carbonyl (C=O) groups is 1. The van der Waals surface area contributed by atoms with Crippen molar-refractivity contribution in [1.29, 1.82) is 0 Å². The summed E-state index contributed by atoms with van der Waals surface area (Å²) in [6.45, 7) is 2.64.